The maximum absolute atomic E-state index is 11.8. The van der Waals surface area contributed by atoms with Gasteiger partial charge in [0.25, 0.3) is 0 Å². The van der Waals surface area contributed by atoms with Crippen molar-refractivity contribution >= 4 is 11.7 Å². The standard InChI is InChI=1S/C16H18N2O4/c1-22-15-5-3-2-4-11(15)6-7-17-16(21)18-12-8-13(19)10-14(20)9-12/h2-5,8-10,19-20H,6-7H2,1H3,(H2,17,18,21). The van der Waals surface area contributed by atoms with Crippen LogP contribution in [-0.2, 0) is 6.42 Å². The summed E-state index contributed by atoms with van der Waals surface area (Å²) in [6, 6.07) is 11.1. The molecule has 0 radical (unpaired) electrons. The Labute approximate surface area is 128 Å². The minimum absolute atomic E-state index is 0.121. The number of nitrogens with one attached hydrogen (secondary N) is 2. The molecule has 0 heterocycles. The molecule has 0 spiro atoms. The first-order valence-electron chi connectivity index (χ1n) is 6.78. The molecule has 0 aliphatic carbocycles. The van der Waals surface area contributed by atoms with Gasteiger partial charge in [0.1, 0.15) is 17.2 Å². The number of rotatable bonds is 5. The van der Waals surface area contributed by atoms with Crippen molar-refractivity contribution in [1.29, 1.82) is 0 Å². The molecule has 0 aliphatic rings. The molecule has 0 saturated carbocycles. The van der Waals surface area contributed by atoms with Crippen molar-refractivity contribution in [3.8, 4) is 17.2 Å². The molecule has 2 rings (SSSR count). The summed E-state index contributed by atoms with van der Waals surface area (Å²) >= 11 is 0. The van der Waals surface area contributed by atoms with Crippen LogP contribution in [0.2, 0.25) is 0 Å². The Balaban J connectivity index is 1.85. The minimum Gasteiger partial charge on any atom is -0.508 e. The van der Waals surface area contributed by atoms with E-state index in [1.807, 2.05) is 24.3 Å². The van der Waals surface area contributed by atoms with Crippen LogP contribution in [0, 0.1) is 0 Å². The number of carbonyl (C=O) groups is 1. The van der Waals surface area contributed by atoms with Crippen LogP contribution in [-0.4, -0.2) is 29.9 Å². The van der Waals surface area contributed by atoms with Crippen molar-refractivity contribution in [3.63, 3.8) is 0 Å². The number of para-hydroxylation sites is 1. The summed E-state index contributed by atoms with van der Waals surface area (Å²) in [5.74, 6) is 0.538. The molecular formula is C16H18N2O4. The SMILES string of the molecule is COc1ccccc1CCNC(=O)Nc1cc(O)cc(O)c1. The lowest BCUT2D eigenvalue weighted by Gasteiger charge is -2.10. The number of hydrogen-bond donors (Lipinski definition) is 4. The molecule has 0 aliphatic heterocycles. The second-order valence-electron chi connectivity index (χ2n) is 4.68. The summed E-state index contributed by atoms with van der Waals surface area (Å²) in [5.41, 5.74) is 1.31. The largest absolute Gasteiger partial charge is 0.508 e. The van der Waals surface area contributed by atoms with Gasteiger partial charge < -0.3 is 25.6 Å². The predicted octanol–water partition coefficient (Wildman–Crippen LogP) is 2.47. The lowest BCUT2D eigenvalue weighted by molar-refractivity contribution is 0.252. The monoisotopic (exact) mass is 302 g/mol. The summed E-state index contributed by atoms with van der Waals surface area (Å²) < 4.78 is 5.24. The average Bonchev–Trinajstić information content (AvgIpc) is 2.46. The van der Waals surface area contributed by atoms with Crippen molar-refractivity contribution in [2.75, 3.05) is 19.0 Å². The number of benzene rings is 2. The van der Waals surface area contributed by atoms with Crippen LogP contribution in [0.4, 0.5) is 10.5 Å². The van der Waals surface area contributed by atoms with Gasteiger partial charge in [0, 0.05) is 30.4 Å². The number of carbonyl (C=O) groups excluding carboxylic acids is 1. The third kappa shape index (κ3) is 4.31. The van der Waals surface area contributed by atoms with E-state index in [4.69, 9.17) is 4.74 Å². The number of hydrogen-bond acceptors (Lipinski definition) is 4. The topological polar surface area (TPSA) is 90.8 Å². The van der Waals surface area contributed by atoms with Crippen LogP contribution < -0.4 is 15.4 Å². The molecule has 2 amide bonds. The highest BCUT2D eigenvalue weighted by atomic mass is 16.5. The fraction of sp³-hybridized carbons (Fsp3) is 0.188. The predicted molar refractivity (Wildman–Crippen MR) is 83.5 cm³/mol. The molecule has 6 heteroatoms. The second-order valence-corrected chi connectivity index (χ2v) is 4.68. The van der Waals surface area contributed by atoms with E-state index in [2.05, 4.69) is 10.6 Å². The van der Waals surface area contributed by atoms with E-state index < -0.39 is 6.03 Å². The molecule has 116 valence electrons. The summed E-state index contributed by atoms with van der Waals surface area (Å²) in [7, 11) is 1.60. The van der Waals surface area contributed by atoms with E-state index in [0.29, 0.717) is 18.7 Å². The summed E-state index contributed by atoms with van der Waals surface area (Å²) in [5, 5.41) is 23.9. The van der Waals surface area contributed by atoms with Gasteiger partial charge in [-0.2, -0.15) is 0 Å². The van der Waals surface area contributed by atoms with Gasteiger partial charge in [0.15, 0.2) is 0 Å². The first-order chi connectivity index (χ1) is 10.6. The maximum atomic E-state index is 11.8. The molecular weight excluding hydrogens is 284 g/mol. The zero-order valence-corrected chi connectivity index (χ0v) is 12.2. The van der Waals surface area contributed by atoms with Crippen molar-refractivity contribution in [1.82, 2.24) is 5.32 Å². The Kier molecular flexibility index (Phi) is 5.08. The van der Waals surface area contributed by atoms with Gasteiger partial charge in [-0.25, -0.2) is 4.79 Å². The van der Waals surface area contributed by atoms with Gasteiger partial charge in [-0.1, -0.05) is 18.2 Å². The van der Waals surface area contributed by atoms with Gasteiger partial charge >= 0.3 is 6.03 Å². The number of phenols is 2. The van der Waals surface area contributed by atoms with E-state index in [1.54, 1.807) is 7.11 Å². The van der Waals surface area contributed by atoms with Gasteiger partial charge in [0.05, 0.1) is 7.11 Å². The molecule has 4 N–H and O–H groups in total. The number of anilines is 1. The third-order valence-corrected chi connectivity index (χ3v) is 3.03. The highest BCUT2D eigenvalue weighted by Crippen LogP contribution is 2.23. The molecule has 0 saturated heterocycles. The molecule has 0 unspecified atom stereocenters. The highest BCUT2D eigenvalue weighted by molar-refractivity contribution is 5.89. The molecule has 0 aromatic heterocycles. The van der Waals surface area contributed by atoms with Crippen LogP contribution in [0.25, 0.3) is 0 Å². The highest BCUT2D eigenvalue weighted by Gasteiger charge is 2.05. The second kappa shape index (κ2) is 7.21. The number of amides is 2. The van der Waals surface area contributed by atoms with Crippen molar-refractivity contribution in [2.24, 2.45) is 0 Å². The number of aromatic hydroxyl groups is 2. The Hall–Kier alpha value is -2.89. The molecule has 2 aromatic rings. The fourth-order valence-corrected chi connectivity index (χ4v) is 2.06. The number of urea groups is 1. The molecule has 0 bridgehead atoms. The Bertz CT molecular complexity index is 638. The number of phenolic OH excluding ortho intramolecular Hbond substituents is 2. The summed E-state index contributed by atoms with van der Waals surface area (Å²) in [6.07, 6.45) is 0.628. The first kappa shape index (κ1) is 15.5. The normalized spacial score (nSPS) is 10.0. The first-order valence-corrected chi connectivity index (χ1v) is 6.78. The summed E-state index contributed by atoms with van der Waals surface area (Å²) in [4.78, 5) is 11.8. The smallest absolute Gasteiger partial charge is 0.319 e. The zero-order valence-electron chi connectivity index (χ0n) is 12.2. The van der Waals surface area contributed by atoms with E-state index in [1.165, 1.54) is 18.2 Å². The molecule has 6 nitrogen and oxygen atoms in total. The molecule has 0 atom stereocenters. The maximum Gasteiger partial charge on any atom is 0.319 e. The van der Waals surface area contributed by atoms with Crippen LogP contribution >= 0.6 is 0 Å². The minimum atomic E-state index is -0.417. The Morgan fingerprint density at radius 3 is 2.50 bits per heavy atom. The quantitative estimate of drug-likeness (QED) is 0.683. The molecule has 22 heavy (non-hydrogen) atoms. The summed E-state index contributed by atoms with van der Waals surface area (Å²) in [6.45, 7) is 0.428. The zero-order chi connectivity index (χ0) is 15.9. The van der Waals surface area contributed by atoms with Crippen molar-refractivity contribution in [2.45, 2.75) is 6.42 Å². The van der Waals surface area contributed by atoms with Gasteiger partial charge in [-0.05, 0) is 18.1 Å². The van der Waals surface area contributed by atoms with E-state index in [9.17, 15) is 15.0 Å². The lowest BCUT2D eigenvalue weighted by atomic mass is 10.1. The Morgan fingerprint density at radius 2 is 1.82 bits per heavy atom. The number of methoxy groups -OCH3 is 1. The van der Waals surface area contributed by atoms with E-state index in [-0.39, 0.29) is 11.5 Å². The van der Waals surface area contributed by atoms with E-state index in [0.717, 1.165) is 11.3 Å². The molecule has 2 aromatic carbocycles. The lowest BCUT2D eigenvalue weighted by Crippen LogP contribution is -2.30. The van der Waals surface area contributed by atoms with Gasteiger partial charge in [0.2, 0.25) is 0 Å². The third-order valence-electron chi connectivity index (χ3n) is 3.03. The fourth-order valence-electron chi connectivity index (χ4n) is 2.06. The van der Waals surface area contributed by atoms with Crippen LogP contribution in [0.3, 0.4) is 0 Å². The van der Waals surface area contributed by atoms with Gasteiger partial charge in [-0.15, -0.1) is 0 Å². The molecule has 0 fully saturated rings. The number of ether oxygens (including phenoxy) is 1. The average molecular weight is 302 g/mol. The Morgan fingerprint density at radius 1 is 1.14 bits per heavy atom. The van der Waals surface area contributed by atoms with Crippen LogP contribution in [0.5, 0.6) is 17.2 Å². The van der Waals surface area contributed by atoms with Crippen molar-refractivity contribution < 1.29 is 19.7 Å². The van der Waals surface area contributed by atoms with Crippen LogP contribution in [0.15, 0.2) is 42.5 Å². The van der Waals surface area contributed by atoms with Gasteiger partial charge in [-0.3, -0.25) is 0 Å². The van der Waals surface area contributed by atoms with E-state index >= 15 is 0 Å². The van der Waals surface area contributed by atoms with Crippen LogP contribution in [0.1, 0.15) is 5.56 Å². The van der Waals surface area contributed by atoms with Crippen molar-refractivity contribution in [3.05, 3.63) is 48.0 Å².